The second kappa shape index (κ2) is 10.2. The molecule has 0 aliphatic carbocycles. The largest absolute Gasteiger partial charge is 0.420 e. The Hall–Kier alpha value is -4.22. The molecule has 1 saturated heterocycles. The Morgan fingerprint density at radius 2 is 1.79 bits per heavy atom. The average molecular weight is 543 g/mol. The number of hydrogen-bond acceptors (Lipinski definition) is 9. The Kier molecular flexibility index (Phi) is 6.53. The van der Waals surface area contributed by atoms with Crippen molar-refractivity contribution in [3.05, 3.63) is 76.9 Å². The van der Waals surface area contributed by atoms with Gasteiger partial charge < -0.3 is 19.7 Å². The molecule has 1 aromatic carbocycles. The number of hydrogen-bond donors (Lipinski definition) is 1. The Labute approximate surface area is 229 Å². The number of aromatic nitrogens is 4. The normalized spacial score (nSPS) is 16.6. The Bertz CT molecular complexity index is 1520. The summed E-state index contributed by atoms with van der Waals surface area (Å²) in [5.41, 5.74) is 4.43. The molecule has 3 aromatic heterocycles. The van der Waals surface area contributed by atoms with Gasteiger partial charge in [0.2, 0.25) is 22.8 Å². The molecule has 1 unspecified atom stereocenters. The van der Waals surface area contributed by atoms with Crippen LogP contribution in [0.15, 0.2) is 60.2 Å². The molecule has 0 spiro atoms. The van der Waals surface area contributed by atoms with E-state index in [1.165, 1.54) is 11.3 Å². The van der Waals surface area contributed by atoms with E-state index in [0.29, 0.717) is 54.5 Å². The summed E-state index contributed by atoms with van der Waals surface area (Å²) in [7, 11) is 0. The zero-order chi connectivity index (χ0) is 27.0. The van der Waals surface area contributed by atoms with Gasteiger partial charge in [0.1, 0.15) is 5.51 Å². The number of amides is 2. The molecule has 39 heavy (non-hydrogen) atoms. The van der Waals surface area contributed by atoms with Crippen molar-refractivity contribution in [1.82, 2.24) is 25.1 Å². The Morgan fingerprint density at radius 3 is 2.54 bits per heavy atom. The van der Waals surface area contributed by atoms with Crippen molar-refractivity contribution in [2.45, 2.75) is 19.8 Å². The van der Waals surface area contributed by atoms with Crippen molar-refractivity contribution in [2.75, 3.05) is 31.6 Å². The fraction of sp³-hybridized carbons (Fsp3) is 0.286. The molecule has 5 heterocycles. The van der Waals surface area contributed by atoms with Crippen LogP contribution >= 0.6 is 11.3 Å². The van der Waals surface area contributed by atoms with E-state index in [1.807, 2.05) is 62.4 Å². The maximum absolute atomic E-state index is 13.4. The van der Waals surface area contributed by atoms with Crippen LogP contribution < -0.4 is 10.1 Å². The second-order valence-corrected chi connectivity index (χ2v) is 10.8. The van der Waals surface area contributed by atoms with Crippen LogP contribution in [0, 0.1) is 5.41 Å². The van der Waals surface area contributed by atoms with E-state index in [0.717, 1.165) is 16.7 Å². The minimum Gasteiger partial charge on any atom is -0.420 e. The fourth-order valence-electron chi connectivity index (χ4n) is 5.01. The monoisotopic (exact) mass is 542 g/mol. The minimum atomic E-state index is -0.896. The van der Waals surface area contributed by atoms with Gasteiger partial charge in [-0.25, -0.2) is 9.97 Å². The van der Waals surface area contributed by atoms with E-state index in [-0.39, 0.29) is 17.7 Å². The second-order valence-electron chi connectivity index (χ2n) is 9.93. The van der Waals surface area contributed by atoms with Crippen molar-refractivity contribution >= 4 is 28.3 Å². The summed E-state index contributed by atoms with van der Waals surface area (Å²) in [5, 5.41) is 11.1. The van der Waals surface area contributed by atoms with E-state index in [2.05, 4.69) is 20.5 Å². The average Bonchev–Trinajstić information content (AvgIpc) is 3.48. The van der Waals surface area contributed by atoms with Crippen LogP contribution in [0.4, 0.5) is 5.13 Å². The first-order valence-corrected chi connectivity index (χ1v) is 13.5. The molecular formula is C28H26N6O4S. The number of pyridine rings is 2. The molecule has 1 atom stereocenters. The van der Waals surface area contributed by atoms with E-state index in [1.54, 1.807) is 16.6 Å². The number of nitrogens with one attached hydrogen (secondary N) is 1. The smallest absolute Gasteiger partial charge is 0.254 e. The van der Waals surface area contributed by atoms with Crippen LogP contribution in [-0.2, 0) is 9.53 Å². The molecule has 1 N–H and O–H groups in total. The number of benzene rings is 1. The van der Waals surface area contributed by atoms with Crippen LogP contribution in [0.2, 0.25) is 0 Å². The van der Waals surface area contributed by atoms with E-state index >= 15 is 0 Å². The molecule has 10 nitrogen and oxygen atoms in total. The predicted molar refractivity (Wildman–Crippen MR) is 145 cm³/mol. The molecule has 0 bridgehead atoms. The molecule has 2 aliphatic rings. The van der Waals surface area contributed by atoms with Crippen molar-refractivity contribution in [3.8, 4) is 23.0 Å². The van der Waals surface area contributed by atoms with Gasteiger partial charge in [-0.15, -0.1) is 10.2 Å². The molecule has 2 aliphatic heterocycles. The first-order valence-electron chi connectivity index (χ1n) is 12.6. The fourth-order valence-corrected chi connectivity index (χ4v) is 5.45. The van der Waals surface area contributed by atoms with Crippen LogP contribution in [0.3, 0.4) is 0 Å². The predicted octanol–water partition coefficient (Wildman–Crippen LogP) is 4.37. The van der Waals surface area contributed by atoms with Crippen molar-refractivity contribution in [3.63, 3.8) is 0 Å². The molecule has 1 fully saturated rings. The maximum Gasteiger partial charge on any atom is 0.254 e. The van der Waals surface area contributed by atoms with Crippen molar-refractivity contribution in [2.24, 2.45) is 5.41 Å². The molecule has 4 aromatic rings. The first-order chi connectivity index (χ1) is 18.9. The highest BCUT2D eigenvalue weighted by Crippen LogP contribution is 2.51. The van der Waals surface area contributed by atoms with Gasteiger partial charge in [0.25, 0.3) is 5.91 Å². The standard InChI is InChI=1S/C28H26N6O4S/c1-28(2,26(36)32-27-33-30-16-39-27)22-19-4-3-11-29-23(19)38-24-20(22)9-10-21(31-24)17-5-7-18(8-6-17)25(35)34-12-14-37-15-13-34/h3-11,16,22H,12-15H2,1-2H3,(H,32,33,36). The third-order valence-electron chi connectivity index (χ3n) is 7.12. The van der Waals surface area contributed by atoms with Crippen LogP contribution in [0.1, 0.15) is 41.3 Å². The summed E-state index contributed by atoms with van der Waals surface area (Å²) >= 11 is 1.26. The molecule has 0 saturated carbocycles. The minimum absolute atomic E-state index is 0.00820. The topological polar surface area (TPSA) is 119 Å². The molecular weight excluding hydrogens is 516 g/mol. The summed E-state index contributed by atoms with van der Waals surface area (Å²) in [6.07, 6.45) is 1.66. The lowest BCUT2D eigenvalue weighted by molar-refractivity contribution is -0.124. The number of rotatable bonds is 5. The quantitative estimate of drug-likeness (QED) is 0.395. The summed E-state index contributed by atoms with van der Waals surface area (Å²) in [4.78, 5) is 37.3. The van der Waals surface area contributed by atoms with E-state index in [4.69, 9.17) is 14.5 Å². The summed E-state index contributed by atoms with van der Waals surface area (Å²) in [5.74, 6) is 0.243. The number of fused-ring (bicyclic) bond motifs is 2. The highest BCUT2D eigenvalue weighted by molar-refractivity contribution is 7.13. The molecule has 0 radical (unpaired) electrons. The van der Waals surface area contributed by atoms with Gasteiger partial charge >= 0.3 is 0 Å². The van der Waals surface area contributed by atoms with Gasteiger partial charge in [0, 0.05) is 47.5 Å². The number of anilines is 1. The van der Waals surface area contributed by atoms with E-state index < -0.39 is 5.41 Å². The van der Waals surface area contributed by atoms with Gasteiger partial charge in [0.15, 0.2) is 0 Å². The van der Waals surface area contributed by atoms with Gasteiger partial charge in [-0.3, -0.25) is 9.59 Å². The number of carbonyl (C=O) groups is 2. The third kappa shape index (κ3) is 4.75. The molecule has 2 amide bonds. The van der Waals surface area contributed by atoms with Crippen molar-refractivity contribution < 1.29 is 19.1 Å². The molecule has 198 valence electrons. The van der Waals surface area contributed by atoms with Crippen LogP contribution in [0.25, 0.3) is 11.3 Å². The number of ether oxygens (including phenoxy) is 2. The molecule has 6 rings (SSSR count). The van der Waals surface area contributed by atoms with Gasteiger partial charge in [0.05, 0.1) is 24.3 Å². The first kappa shape index (κ1) is 25.1. The van der Waals surface area contributed by atoms with E-state index in [9.17, 15) is 9.59 Å². The summed E-state index contributed by atoms with van der Waals surface area (Å²) < 4.78 is 11.5. The van der Waals surface area contributed by atoms with Crippen molar-refractivity contribution in [1.29, 1.82) is 0 Å². The highest BCUT2D eigenvalue weighted by atomic mass is 32.1. The third-order valence-corrected chi connectivity index (χ3v) is 7.73. The zero-order valence-electron chi connectivity index (χ0n) is 21.5. The SMILES string of the molecule is CC(C)(C(=O)Nc1nncs1)C1c2cccnc2Oc2nc(-c3ccc(C(=O)N4CCOCC4)cc3)ccc21. The lowest BCUT2D eigenvalue weighted by atomic mass is 9.70. The van der Waals surface area contributed by atoms with Gasteiger partial charge in [-0.05, 0) is 24.3 Å². The lowest BCUT2D eigenvalue weighted by Gasteiger charge is -2.37. The number of nitrogens with zero attached hydrogens (tertiary/aromatic N) is 5. The zero-order valence-corrected chi connectivity index (χ0v) is 22.3. The maximum atomic E-state index is 13.4. The van der Waals surface area contributed by atoms with Gasteiger partial charge in [-0.2, -0.15) is 0 Å². The molecule has 11 heteroatoms. The lowest BCUT2D eigenvalue weighted by Crippen LogP contribution is -2.40. The number of carbonyl (C=O) groups excluding carboxylic acids is 2. The Morgan fingerprint density at radius 1 is 1.03 bits per heavy atom. The van der Waals surface area contributed by atoms with Crippen LogP contribution in [-0.4, -0.2) is 63.2 Å². The van der Waals surface area contributed by atoms with Crippen LogP contribution in [0.5, 0.6) is 11.8 Å². The number of morpholine rings is 1. The summed E-state index contributed by atoms with van der Waals surface area (Å²) in [6, 6.07) is 15.0. The highest BCUT2D eigenvalue weighted by Gasteiger charge is 2.44. The Balaban J connectivity index is 1.31. The van der Waals surface area contributed by atoms with Gasteiger partial charge in [-0.1, -0.05) is 49.4 Å². The summed E-state index contributed by atoms with van der Waals surface area (Å²) in [6.45, 7) is 6.08.